The van der Waals surface area contributed by atoms with Gasteiger partial charge in [0.05, 0.1) is 19.8 Å². The molecule has 1 saturated carbocycles. The Morgan fingerprint density at radius 3 is 2.84 bits per heavy atom. The highest BCUT2D eigenvalue weighted by atomic mass is 32.2. The van der Waals surface area contributed by atoms with Crippen LogP contribution in [0.25, 0.3) is 4.85 Å². The summed E-state index contributed by atoms with van der Waals surface area (Å²) in [5.74, 6) is 5.13. The molecule has 3 atom stereocenters. The average Bonchev–Trinajstić information content (AvgIpc) is 3.66. The Kier molecular flexibility index (Phi) is 7.13. The molecular weight excluding hydrogens is 508 g/mol. The lowest BCUT2D eigenvalue weighted by Crippen LogP contribution is -2.42. The summed E-state index contributed by atoms with van der Waals surface area (Å²) in [6.07, 6.45) is 2.87. The van der Waals surface area contributed by atoms with E-state index in [1.54, 1.807) is 17.0 Å². The average molecular weight is 536 g/mol. The molecule has 7 nitrogen and oxygen atoms in total. The van der Waals surface area contributed by atoms with Crippen molar-refractivity contribution in [1.82, 2.24) is 9.88 Å². The van der Waals surface area contributed by atoms with E-state index in [1.807, 2.05) is 6.92 Å². The van der Waals surface area contributed by atoms with Gasteiger partial charge in [-0.1, -0.05) is 17.7 Å². The minimum atomic E-state index is -1.47. The molecule has 10 heteroatoms. The number of alkyl halides is 1. The van der Waals surface area contributed by atoms with E-state index in [2.05, 4.69) is 26.7 Å². The fourth-order valence-electron chi connectivity index (χ4n) is 5.39. The molecule has 1 aromatic heterocycles. The number of hydrogen-bond acceptors (Lipinski definition) is 6. The molecule has 38 heavy (non-hydrogen) atoms. The molecule has 2 aromatic rings. The van der Waals surface area contributed by atoms with Crippen molar-refractivity contribution in [2.45, 2.75) is 36.5 Å². The molecule has 0 spiro atoms. The molecule has 0 bridgehead atoms. The monoisotopic (exact) mass is 535 g/mol. The number of morpholine rings is 1. The molecule has 1 aromatic carbocycles. The van der Waals surface area contributed by atoms with Gasteiger partial charge in [0.2, 0.25) is 11.6 Å². The Morgan fingerprint density at radius 2 is 2.13 bits per heavy atom. The zero-order valence-corrected chi connectivity index (χ0v) is 21.8. The highest BCUT2D eigenvalue weighted by molar-refractivity contribution is 8.15. The van der Waals surface area contributed by atoms with Crippen molar-refractivity contribution in [2.24, 2.45) is 16.6 Å². The normalized spacial score (nSPS) is 25.9. The van der Waals surface area contributed by atoms with Crippen LogP contribution in [0.15, 0.2) is 35.5 Å². The molecule has 2 N–H and O–H groups in total. The number of ether oxygens (including phenoxy) is 1. The summed E-state index contributed by atoms with van der Waals surface area (Å²) in [7, 11) is 0. The van der Waals surface area contributed by atoms with Gasteiger partial charge in [-0.15, -0.1) is 0 Å². The summed E-state index contributed by atoms with van der Waals surface area (Å²) in [6, 6.07) is 6.05. The summed E-state index contributed by atoms with van der Waals surface area (Å²) < 4.78 is 35.0. The van der Waals surface area contributed by atoms with E-state index in [9.17, 15) is 9.18 Å². The van der Waals surface area contributed by atoms with Crippen LogP contribution in [0, 0.1) is 37.1 Å². The molecular formula is C28H27F2N5O2S. The first-order chi connectivity index (χ1) is 18.3. The van der Waals surface area contributed by atoms with Gasteiger partial charge in [0.15, 0.2) is 5.17 Å². The second-order valence-corrected chi connectivity index (χ2v) is 11.3. The van der Waals surface area contributed by atoms with Crippen molar-refractivity contribution in [3.8, 4) is 11.8 Å². The van der Waals surface area contributed by atoms with Gasteiger partial charge in [0.25, 0.3) is 0 Å². The highest BCUT2D eigenvalue weighted by Gasteiger charge is 2.68. The molecule has 2 aliphatic heterocycles. The fraction of sp³-hybridized carbons (Fsp3) is 0.429. The number of hydrogen-bond donors (Lipinski definition) is 1. The lowest BCUT2D eigenvalue weighted by atomic mass is 9.83. The Labute approximate surface area is 224 Å². The van der Waals surface area contributed by atoms with Crippen LogP contribution in [0.4, 0.5) is 14.5 Å². The first kappa shape index (κ1) is 26.1. The molecule has 1 aliphatic carbocycles. The van der Waals surface area contributed by atoms with Crippen LogP contribution in [0.1, 0.15) is 41.6 Å². The van der Waals surface area contributed by atoms with Gasteiger partial charge in [0, 0.05) is 47.5 Å². The predicted molar refractivity (Wildman–Crippen MR) is 142 cm³/mol. The molecule has 196 valence electrons. The van der Waals surface area contributed by atoms with E-state index >= 15 is 4.39 Å². The predicted octanol–water partition coefficient (Wildman–Crippen LogP) is 4.10. The van der Waals surface area contributed by atoms with Gasteiger partial charge in [-0.3, -0.25) is 9.78 Å². The quantitative estimate of drug-likeness (QED) is 0.460. The number of nitrogens with zero attached hydrogens (tertiary/aromatic N) is 4. The highest BCUT2D eigenvalue weighted by Crippen LogP contribution is 2.68. The van der Waals surface area contributed by atoms with Gasteiger partial charge in [0.1, 0.15) is 23.7 Å². The third-order valence-corrected chi connectivity index (χ3v) is 8.86. The van der Waals surface area contributed by atoms with Crippen LogP contribution in [-0.4, -0.2) is 58.7 Å². The second-order valence-electron chi connectivity index (χ2n) is 9.84. The maximum Gasteiger partial charge on any atom is 0.222 e. The van der Waals surface area contributed by atoms with E-state index < -0.39 is 22.8 Å². The number of nitrogens with two attached hydrogens (primary N) is 1. The third-order valence-electron chi connectivity index (χ3n) is 7.50. The number of aromatic nitrogens is 1. The van der Waals surface area contributed by atoms with E-state index in [0.29, 0.717) is 62.5 Å². The van der Waals surface area contributed by atoms with Crippen molar-refractivity contribution in [2.75, 3.05) is 33.0 Å². The van der Waals surface area contributed by atoms with E-state index in [0.717, 1.165) is 5.56 Å². The van der Waals surface area contributed by atoms with Crippen LogP contribution in [0.2, 0.25) is 0 Å². The van der Waals surface area contributed by atoms with Crippen molar-refractivity contribution >= 4 is 28.5 Å². The summed E-state index contributed by atoms with van der Waals surface area (Å²) in [6.45, 7) is 10.2. The second kappa shape index (κ2) is 10.4. The number of amides is 1. The molecule has 1 amide bonds. The zero-order valence-electron chi connectivity index (χ0n) is 21.0. The Hall–Kier alpha value is -3.47. The first-order valence-electron chi connectivity index (χ1n) is 12.4. The molecule has 0 radical (unpaired) electrons. The number of amidine groups is 1. The number of aliphatic imine (C=N–C) groups is 1. The molecule has 3 heterocycles. The fourth-order valence-corrected chi connectivity index (χ4v) is 6.80. The molecule has 5 rings (SSSR count). The largest absolute Gasteiger partial charge is 0.378 e. The number of benzene rings is 1. The summed E-state index contributed by atoms with van der Waals surface area (Å²) >= 11 is 1.37. The van der Waals surface area contributed by atoms with Gasteiger partial charge < -0.3 is 15.4 Å². The van der Waals surface area contributed by atoms with Crippen LogP contribution >= 0.6 is 11.8 Å². The van der Waals surface area contributed by atoms with Crippen molar-refractivity contribution in [3.05, 3.63) is 70.1 Å². The molecule has 1 saturated heterocycles. The van der Waals surface area contributed by atoms with Crippen LogP contribution in [0.3, 0.4) is 0 Å². The number of thioether (sulfide) groups is 1. The minimum Gasteiger partial charge on any atom is -0.378 e. The van der Waals surface area contributed by atoms with Gasteiger partial charge >= 0.3 is 0 Å². The standard InChI is InChI=1S/C28H27F2N5O2S/c1-18-13-20(32-2)16-33-23(18)6-4-19-3-5-22(30)21(14-19)28(17-29)24-15-27(24,38-26(31)34-28)8-7-25(36)35-9-11-37-12-10-35/h3,5,13-14,16,24H,7-12,15,17H2,1H3,(H2,31,34)/t24-,27+,28-/m1/s1. The third kappa shape index (κ3) is 4.87. The van der Waals surface area contributed by atoms with Crippen molar-refractivity contribution < 1.29 is 18.3 Å². The van der Waals surface area contributed by atoms with E-state index in [1.165, 1.54) is 30.1 Å². The lowest BCUT2D eigenvalue weighted by molar-refractivity contribution is -0.135. The lowest BCUT2D eigenvalue weighted by Gasteiger charge is -2.35. The smallest absolute Gasteiger partial charge is 0.222 e. The SMILES string of the molecule is [C-]#[N+]c1cnc(C#Cc2ccc(F)c([C@@]3(CF)N=C(N)S[C@@]4(CCC(=O)N5CCOCC5)C[C@H]43)c2)c(C)c1. The topological polar surface area (TPSA) is 85.2 Å². The molecule has 0 unspecified atom stereocenters. The number of halogens is 2. The Balaban J connectivity index is 1.41. The number of pyridine rings is 1. The van der Waals surface area contributed by atoms with Crippen LogP contribution < -0.4 is 5.73 Å². The number of rotatable bonds is 5. The summed E-state index contributed by atoms with van der Waals surface area (Å²) in [5, 5.41) is 0.200. The maximum atomic E-state index is 15.3. The molecule has 3 aliphatic rings. The summed E-state index contributed by atoms with van der Waals surface area (Å²) in [5.41, 5.74) is 7.02. The number of carbonyl (C=O) groups excluding carboxylic acids is 1. The van der Waals surface area contributed by atoms with Crippen molar-refractivity contribution in [3.63, 3.8) is 0 Å². The number of aryl methyl sites for hydroxylation is 1. The van der Waals surface area contributed by atoms with E-state index in [4.69, 9.17) is 17.0 Å². The molecule has 2 fully saturated rings. The van der Waals surface area contributed by atoms with Gasteiger partial charge in [-0.2, -0.15) is 0 Å². The summed E-state index contributed by atoms with van der Waals surface area (Å²) in [4.78, 5) is 26.6. The minimum absolute atomic E-state index is 0.0395. The number of carbonyl (C=O) groups is 1. The first-order valence-corrected chi connectivity index (χ1v) is 13.2. The van der Waals surface area contributed by atoms with Crippen molar-refractivity contribution in [1.29, 1.82) is 0 Å². The van der Waals surface area contributed by atoms with Gasteiger partial charge in [-0.25, -0.2) is 18.6 Å². The Morgan fingerprint density at radius 1 is 1.34 bits per heavy atom. The number of fused-ring (bicyclic) bond motifs is 1. The van der Waals surface area contributed by atoms with Gasteiger partial charge in [-0.05, 0) is 55.5 Å². The maximum absolute atomic E-state index is 15.3. The van der Waals surface area contributed by atoms with Crippen LogP contribution in [-0.2, 0) is 15.1 Å². The zero-order chi connectivity index (χ0) is 26.9. The Bertz CT molecular complexity index is 1410. The van der Waals surface area contributed by atoms with Crippen LogP contribution in [0.5, 0.6) is 0 Å². The van der Waals surface area contributed by atoms with E-state index in [-0.39, 0.29) is 22.6 Å².